The number of aromatic nitrogens is 3. The fourth-order valence-corrected chi connectivity index (χ4v) is 2.20. The molecule has 2 rings (SSSR count). The lowest BCUT2D eigenvalue weighted by molar-refractivity contribution is 0.916. The first kappa shape index (κ1) is 8.71. The average molecular weight is 358 g/mol. The molecule has 0 N–H and O–H groups in total. The van der Waals surface area contributed by atoms with Gasteiger partial charge in [0.25, 0.3) is 0 Å². The second-order valence-electron chi connectivity index (χ2n) is 2.12. The number of halogens is 3. The molecule has 0 spiro atoms. The Balaban J connectivity index is 2.98. The van der Waals surface area contributed by atoms with Gasteiger partial charge in [-0.25, -0.2) is 9.50 Å². The number of hydrogen-bond acceptors (Lipinski definition) is 2. The van der Waals surface area contributed by atoms with Gasteiger partial charge in [-0.15, -0.1) is 0 Å². The summed E-state index contributed by atoms with van der Waals surface area (Å²) in [7, 11) is 0. The maximum absolute atomic E-state index is 5.87. The topological polar surface area (TPSA) is 30.2 Å². The number of hydrogen-bond donors (Lipinski definition) is 0. The average Bonchev–Trinajstić information content (AvgIpc) is 2.42. The van der Waals surface area contributed by atoms with E-state index in [1.165, 1.54) is 0 Å². The molecule has 12 heavy (non-hydrogen) atoms. The van der Waals surface area contributed by atoms with Crippen molar-refractivity contribution in [1.82, 2.24) is 14.6 Å². The van der Waals surface area contributed by atoms with Gasteiger partial charge >= 0.3 is 0 Å². The summed E-state index contributed by atoms with van der Waals surface area (Å²) in [5, 5.41) is 4.57. The molecule has 0 unspecified atom stereocenters. The summed E-state index contributed by atoms with van der Waals surface area (Å²) in [6, 6.07) is 0. The number of fused-ring (bicyclic) bond motifs is 1. The van der Waals surface area contributed by atoms with Gasteiger partial charge in [0.05, 0.1) is 16.9 Å². The zero-order chi connectivity index (χ0) is 8.72. The molecule has 2 heterocycles. The Morgan fingerprint density at radius 2 is 2.25 bits per heavy atom. The van der Waals surface area contributed by atoms with Gasteiger partial charge in [0.2, 0.25) is 0 Å². The van der Waals surface area contributed by atoms with Crippen LogP contribution in [0.25, 0.3) is 5.52 Å². The Morgan fingerprint density at radius 1 is 1.50 bits per heavy atom. The molecule has 0 aliphatic heterocycles. The molecule has 0 fully saturated rings. The van der Waals surface area contributed by atoms with Crippen LogP contribution >= 0.6 is 50.1 Å². The van der Waals surface area contributed by atoms with Gasteiger partial charge in [-0.05, 0) is 38.5 Å². The Bertz CT molecular complexity index is 442. The zero-order valence-corrected chi connectivity index (χ0v) is 10.1. The van der Waals surface area contributed by atoms with E-state index in [9.17, 15) is 0 Å². The van der Waals surface area contributed by atoms with E-state index in [1.54, 1.807) is 16.9 Å². The largest absolute Gasteiger partial charge is 0.239 e. The number of rotatable bonds is 0. The third-order valence-corrected chi connectivity index (χ3v) is 3.00. The normalized spacial score (nSPS) is 10.9. The highest BCUT2D eigenvalue weighted by Crippen LogP contribution is 2.24. The molecule has 0 saturated carbocycles. The summed E-state index contributed by atoms with van der Waals surface area (Å²) in [5.41, 5.74) is 0.809. The monoisotopic (exact) mass is 357 g/mol. The molecular formula is C6H2BrClIN3. The van der Waals surface area contributed by atoms with Crippen LogP contribution in [0.5, 0.6) is 0 Å². The Labute approximate surface area is 95.4 Å². The fraction of sp³-hybridized carbons (Fsp3) is 0. The van der Waals surface area contributed by atoms with Gasteiger partial charge in [-0.3, -0.25) is 0 Å². The minimum atomic E-state index is 0.458. The van der Waals surface area contributed by atoms with E-state index in [0.717, 1.165) is 13.7 Å². The van der Waals surface area contributed by atoms with Crippen LogP contribution in [0.3, 0.4) is 0 Å². The molecule has 6 heteroatoms. The summed E-state index contributed by atoms with van der Waals surface area (Å²) >= 11 is 11.4. The first-order valence-corrected chi connectivity index (χ1v) is 5.28. The van der Waals surface area contributed by atoms with Gasteiger partial charge in [0.15, 0.2) is 5.15 Å². The molecule has 0 bridgehead atoms. The lowest BCUT2D eigenvalue weighted by Crippen LogP contribution is -1.94. The van der Waals surface area contributed by atoms with E-state index >= 15 is 0 Å². The van der Waals surface area contributed by atoms with Crippen LogP contribution in [0, 0.1) is 3.70 Å². The summed E-state index contributed by atoms with van der Waals surface area (Å²) in [6.45, 7) is 0. The highest BCUT2D eigenvalue weighted by Gasteiger charge is 2.08. The van der Waals surface area contributed by atoms with Crippen LogP contribution in [-0.4, -0.2) is 14.6 Å². The molecule has 0 saturated heterocycles. The van der Waals surface area contributed by atoms with Gasteiger partial charge in [0, 0.05) is 0 Å². The smallest absolute Gasteiger partial charge is 0.156 e. The molecular weight excluding hydrogens is 356 g/mol. The standard InChI is InChI=1S/C6H2BrClIN3/c7-3-1-11-12-4(9)2-10-6(8)5(3)12/h1-2H. The Hall–Kier alpha value is 0.120. The molecule has 0 amide bonds. The van der Waals surface area contributed by atoms with Gasteiger partial charge in [-0.2, -0.15) is 5.10 Å². The minimum Gasteiger partial charge on any atom is -0.239 e. The van der Waals surface area contributed by atoms with Crippen molar-refractivity contribution in [2.75, 3.05) is 0 Å². The molecule has 0 radical (unpaired) electrons. The van der Waals surface area contributed by atoms with Crippen molar-refractivity contribution in [2.45, 2.75) is 0 Å². The maximum Gasteiger partial charge on any atom is 0.156 e. The molecule has 0 atom stereocenters. The summed E-state index contributed by atoms with van der Waals surface area (Å²) in [5.74, 6) is 0. The molecule has 2 aromatic rings. The van der Waals surface area contributed by atoms with Crippen LogP contribution in [-0.2, 0) is 0 Å². The lowest BCUT2D eigenvalue weighted by atomic mass is 10.5. The SMILES string of the molecule is Clc1ncc(I)n2ncc(Br)c12. The van der Waals surface area contributed by atoms with Crippen molar-refractivity contribution in [3.8, 4) is 0 Å². The van der Waals surface area contributed by atoms with E-state index in [0.29, 0.717) is 5.15 Å². The Kier molecular flexibility index (Phi) is 2.26. The van der Waals surface area contributed by atoms with Crippen molar-refractivity contribution in [3.05, 3.63) is 25.7 Å². The highest BCUT2D eigenvalue weighted by molar-refractivity contribution is 14.1. The predicted molar refractivity (Wildman–Crippen MR) is 58.4 cm³/mol. The first-order chi connectivity index (χ1) is 5.70. The molecule has 0 aliphatic rings. The van der Waals surface area contributed by atoms with Crippen LogP contribution < -0.4 is 0 Å². The molecule has 62 valence electrons. The molecule has 2 aromatic heterocycles. The van der Waals surface area contributed by atoms with E-state index < -0.39 is 0 Å². The second-order valence-corrected chi connectivity index (χ2v) is 4.44. The second kappa shape index (κ2) is 3.12. The molecule has 0 aromatic carbocycles. The van der Waals surface area contributed by atoms with E-state index in [-0.39, 0.29) is 0 Å². The zero-order valence-electron chi connectivity index (χ0n) is 5.63. The van der Waals surface area contributed by atoms with Crippen LogP contribution in [0.4, 0.5) is 0 Å². The fourth-order valence-electron chi connectivity index (χ4n) is 0.902. The first-order valence-electron chi connectivity index (χ1n) is 3.03. The van der Waals surface area contributed by atoms with Crippen molar-refractivity contribution < 1.29 is 0 Å². The molecule has 3 nitrogen and oxygen atoms in total. The van der Waals surface area contributed by atoms with Gasteiger partial charge in [0.1, 0.15) is 9.22 Å². The molecule has 0 aliphatic carbocycles. The summed E-state index contributed by atoms with van der Waals surface area (Å²) in [6.07, 6.45) is 3.38. The van der Waals surface area contributed by atoms with Crippen molar-refractivity contribution in [2.24, 2.45) is 0 Å². The van der Waals surface area contributed by atoms with Crippen molar-refractivity contribution in [1.29, 1.82) is 0 Å². The van der Waals surface area contributed by atoms with Crippen molar-refractivity contribution in [3.63, 3.8) is 0 Å². The highest BCUT2D eigenvalue weighted by atomic mass is 127. The lowest BCUT2D eigenvalue weighted by Gasteiger charge is -1.97. The van der Waals surface area contributed by atoms with Crippen LogP contribution in [0.2, 0.25) is 5.15 Å². The van der Waals surface area contributed by atoms with E-state index in [2.05, 4.69) is 48.6 Å². The maximum atomic E-state index is 5.87. The quantitative estimate of drug-likeness (QED) is 0.678. The predicted octanol–water partition coefficient (Wildman–Crippen LogP) is 2.75. The van der Waals surface area contributed by atoms with Gasteiger partial charge in [-0.1, -0.05) is 11.6 Å². The third-order valence-electron chi connectivity index (χ3n) is 1.41. The summed E-state index contributed by atoms with van der Waals surface area (Å²) in [4.78, 5) is 4.01. The van der Waals surface area contributed by atoms with E-state index in [1.807, 2.05) is 0 Å². The summed E-state index contributed by atoms with van der Waals surface area (Å²) < 4.78 is 3.52. The van der Waals surface area contributed by atoms with E-state index in [4.69, 9.17) is 11.6 Å². The third kappa shape index (κ3) is 1.23. The van der Waals surface area contributed by atoms with Gasteiger partial charge < -0.3 is 0 Å². The Morgan fingerprint density at radius 3 is 2.92 bits per heavy atom. The van der Waals surface area contributed by atoms with Crippen LogP contribution in [0.1, 0.15) is 0 Å². The number of nitrogens with zero attached hydrogens (tertiary/aromatic N) is 3. The van der Waals surface area contributed by atoms with Crippen LogP contribution in [0.15, 0.2) is 16.9 Å². The van der Waals surface area contributed by atoms with Crippen molar-refractivity contribution >= 4 is 55.6 Å². The minimum absolute atomic E-state index is 0.458.